The number of nitrogens with one attached hydrogen (secondary N) is 1. The van der Waals surface area contributed by atoms with Gasteiger partial charge in [0, 0.05) is 25.8 Å². The number of sulfonamides is 1. The molecule has 0 atom stereocenters. The molecule has 0 amide bonds. The second-order valence-electron chi connectivity index (χ2n) is 5.00. The molecule has 22 heavy (non-hydrogen) atoms. The number of hydrogen-bond acceptors (Lipinski definition) is 7. The van der Waals surface area contributed by atoms with Crippen molar-refractivity contribution in [1.29, 1.82) is 0 Å². The molecule has 0 radical (unpaired) electrons. The summed E-state index contributed by atoms with van der Waals surface area (Å²) in [5, 5.41) is 12.9. The van der Waals surface area contributed by atoms with Gasteiger partial charge in [-0.1, -0.05) is 11.3 Å². The van der Waals surface area contributed by atoms with Crippen molar-refractivity contribution in [3.8, 4) is 0 Å². The maximum atomic E-state index is 12.4. The molecule has 0 aliphatic rings. The molecule has 2 aromatic heterocycles. The van der Waals surface area contributed by atoms with Crippen LogP contribution in [0.2, 0.25) is 0 Å². The Morgan fingerprint density at radius 1 is 1.41 bits per heavy atom. The Kier molecular flexibility index (Phi) is 5.14. The number of hydrogen-bond donors (Lipinski definition) is 1. The van der Waals surface area contributed by atoms with E-state index in [1.165, 1.54) is 17.5 Å². The third-order valence-corrected chi connectivity index (χ3v) is 5.37. The number of aromatic nitrogens is 4. The van der Waals surface area contributed by atoms with Crippen LogP contribution in [0, 0.1) is 6.92 Å². The first-order valence-electron chi connectivity index (χ1n) is 6.73. The normalized spacial score (nSPS) is 12.0. The molecular formula is C12H19N5O3S2. The van der Waals surface area contributed by atoms with Crippen LogP contribution < -0.4 is 4.72 Å². The van der Waals surface area contributed by atoms with Crippen LogP contribution in [-0.4, -0.2) is 42.1 Å². The SMILES string of the molecule is COCCc1nnc(NS(=O)(=O)c2cn(C(C)C)nc2C)s1. The van der Waals surface area contributed by atoms with E-state index in [1.54, 1.807) is 18.7 Å². The van der Waals surface area contributed by atoms with Gasteiger partial charge in [0.25, 0.3) is 10.0 Å². The maximum absolute atomic E-state index is 12.4. The van der Waals surface area contributed by atoms with Gasteiger partial charge >= 0.3 is 0 Å². The Hall–Kier alpha value is -1.52. The van der Waals surface area contributed by atoms with Crippen LogP contribution in [0.15, 0.2) is 11.1 Å². The van der Waals surface area contributed by atoms with E-state index in [1.807, 2.05) is 13.8 Å². The average Bonchev–Trinajstić information content (AvgIpc) is 3.03. The Balaban J connectivity index is 2.19. The van der Waals surface area contributed by atoms with Gasteiger partial charge in [0.1, 0.15) is 9.90 Å². The third-order valence-electron chi connectivity index (χ3n) is 2.90. The summed E-state index contributed by atoms with van der Waals surface area (Å²) in [4.78, 5) is 0.148. The highest BCUT2D eigenvalue weighted by molar-refractivity contribution is 7.93. The molecule has 0 fully saturated rings. The van der Waals surface area contributed by atoms with Crippen LogP contribution in [0.3, 0.4) is 0 Å². The number of ether oxygens (including phenoxy) is 1. The van der Waals surface area contributed by atoms with Gasteiger partial charge in [-0.2, -0.15) is 5.10 Å². The van der Waals surface area contributed by atoms with E-state index in [0.29, 0.717) is 23.7 Å². The van der Waals surface area contributed by atoms with Crippen molar-refractivity contribution in [2.75, 3.05) is 18.4 Å². The van der Waals surface area contributed by atoms with Gasteiger partial charge in [-0.05, 0) is 20.8 Å². The van der Waals surface area contributed by atoms with Crippen molar-refractivity contribution in [2.45, 2.75) is 38.1 Å². The molecular weight excluding hydrogens is 326 g/mol. The Morgan fingerprint density at radius 3 is 2.73 bits per heavy atom. The molecule has 1 N–H and O–H groups in total. The van der Waals surface area contributed by atoms with Gasteiger partial charge in [0.05, 0.1) is 12.3 Å². The molecule has 0 unspecified atom stereocenters. The number of nitrogens with zero attached hydrogens (tertiary/aromatic N) is 4. The lowest BCUT2D eigenvalue weighted by Crippen LogP contribution is -2.13. The minimum Gasteiger partial charge on any atom is -0.384 e. The van der Waals surface area contributed by atoms with Crippen molar-refractivity contribution in [1.82, 2.24) is 20.0 Å². The fourth-order valence-corrected chi connectivity index (χ4v) is 3.87. The van der Waals surface area contributed by atoms with Crippen LogP contribution >= 0.6 is 11.3 Å². The van der Waals surface area contributed by atoms with Crippen LogP contribution in [-0.2, 0) is 21.2 Å². The molecule has 0 aliphatic heterocycles. The van der Waals surface area contributed by atoms with Crippen LogP contribution in [0.1, 0.15) is 30.6 Å². The summed E-state index contributed by atoms with van der Waals surface area (Å²) in [5.41, 5.74) is 0.449. The average molecular weight is 345 g/mol. The second kappa shape index (κ2) is 6.71. The van der Waals surface area contributed by atoms with E-state index in [2.05, 4.69) is 20.0 Å². The molecule has 2 rings (SSSR count). The van der Waals surface area contributed by atoms with Gasteiger partial charge in [0.2, 0.25) is 5.13 Å². The Labute approximate surface area is 133 Å². The second-order valence-corrected chi connectivity index (χ2v) is 7.71. The van der Waals surface area contributed by atoms with Crippen molar-refractivity contribution in [2.24, 2.45) is 0 Å². The molecule has 8 nitrogen and oxygen atoms in total. The number of rotatable bonds is 7. The number of methoxy groups -OCH3 is 1. The molecule has 0 aromatic carbocycles. The van der Waals surface area contributed by atoms with Crippen molar-refractivity contribution in [3.63, 3.8) is 0 Å². The predicted octanol–water partition coefficient (Wildman–Crippen LogP) is 1.61. The van der Waals surface area contributed by atoms with Crippen LogP contribution in [0.25, 0.3) is 0 Å². The van der Waals surface area contributed by atoms with Crippen LogP contribution in [0.5, 0.6) is 0 Å². The summed E-state index contributed by atoms with van der Waals surface area (Å²) in [6.45, 7) is 6.05. The highest BCUT2D eigenvalue weighted by Crippen LogP contribution is 2.22. The first-order valence-corrected chi connectivity index (χ1v) is 9.03. The quantitative estimate of drug-likeness (QED) is 0.818. The number of aryl methyl sites for hydroxylation is 1. The third kappa shape index (κ3) is 3.81. The topological polar surface area (TPSA) is 99.0 Å². The molecule has 0 saturated heterocycles. The molecule has 0 aliphatic carbocycles. The van der Waals surface area contributed by atoms with Gasteiger partial charge in [-0.15, -0.1) is 10.2 Å². The van der Waals surface area contributed by atoms with Gasteiger partial charge in [-0.3, -0.25) is 9.40 Å². The maximum Gasteiger partial charge on any atom is 0.267 e. The minimum absolute atomic E-state index is 0.0878. The van der Waals surface area contributed by atoms with Crippen molar-refractivity contribution >= 4 is 26.5 Å². The molecule has 2 heterocycles. The zero-order valence-electron chi connectivity index (χ0n) is 12.9. The fourth-order valence-electron chi connectivity index (χ4n) is 1.75. The summed E-state index contributed by atoms with van der Waals surface area (Å²) in [6.07, 6.45) is 2.12. The van der Waals surface area contributed by atoms with E-state index >= 15 is 0 Å². The van der Waals surface area contributed by atoms with Gasteiger partial charge in [-0.25, -0.2) is 8.42 Å². The molecule has 122 valence electrons. The smallest absolute Gasteiger partial charge is 0.267 e. The first-order chi connectivity index (χ1) is 10.3. The zero-order chi connectivity index (χ0) is 16.3. The highest BCUT2D eigenvalue weighted by atomic mass is 32.2. The largest absolute Gasteiger partial charge is 0.384 e. The van der Waals surface area contributed by atoms with E-state index in [9.17, 15) is 8.42 Å². The molecule has 10 heteroatoms. The summed E-state index contributed by atoms with van der Waals surface area (Å²) in [5.74, 6) is 0. The van der Waals surface area contributed by atoms with E-state index < -0.39 is 10.0 Å². The molecule has 2 aromatic rings. The standard InChI is InChI=1S/C12H19N5O3S2/c1-8(2)17-7-10(9(3)15-17)22(18,19)16-12-14-13-11(21-12)5-6-20-4/h7-8H,5-6H2,1-4H3,(H,14,16). The van der Waals surface area contributed by atoms with E-state index in [0.717, 1.165) is 0 Å². The summed E-state index contributed by atoms with van der Waals surface area (Å²) in [6, 6.07) is 0.0878. The lowest BCUT2D eigenvalue weighted by Gasteiger charge is -2.03. The monoisotopic (exact) mass is 345 g/mol. The van der Waals surface area contributed by atoms with Crippen molar-refractivity contribution in [3.05, 3.63) is 16.9 Å². The summed E-state index contributed by atoms with van der Waals surface area (Å²) in [7, 11) is -2.12. The van der Waals surface area contributed by atoms with Crippen LogP contribution in [0.4, 0.5) is 5.13 Å². The summed E-state index contributed by atoms with van der Waals surface area (Å²) >= 11 is 1.19. The fraction of sp³-hybridized carbons (Fsp3) is 0.583. The Bertz CT molecular complexity index is 736. The van der Waals surface area contributed by atoms with E-state index in [4.69, 9.17) is 4.74 Å². The summed E-state index contributed by atoms with van der Waals surface area (Å²) < 4.78 is 33.9. The van der Waals surface area contributed by atoms with Gasteiger partial charge in [0.15, 0.2) is 0 Å². The highest BCUT2D eigenvalue weighted by Gasteiger charge is 2.22. The lowest BCUT2D eigenvalue weighted by atomic mass is 10.4. The lowest BCUT2D eigenvalue weighted by molar-refractivity contribution is 0.202. The minimum atomic E-state index is -3.72. The molecule has 0 saturated carbocycles. The molecule has 0 spiro atoms. The predicted molar refractivity (Wildman–Crippen MR) is 83.6 cm³/mol. The van der Waals surface area contributed by atoms with Gasteiger partial charge < -0.3 is 4.74 Å². The van der Waals surface area contributed by atoms with E-state index in [-0.39, 0.29) is 16.1 Å². The zero-order valence-corrected chi connectivity index (χ0v) is 14.5. The Morgan fingerprint density at radius 2 is 2.14 bits per heavy atom. The first kappa shape index (κ1) is 16.8. The number of anilines is 1. The molecule has 0 bridgehead atoms. The van der Waals surface area contributed by atoms with Crippen molar-refractivity contribution < 1.29 is 13.2 Å².